The molecule has 1 saturated carbocycles. The van der Waals surface area contributed by atoms with Crippen LogP contribution in [-0.4, -0.2) is 12.4 Å². The molecular weight excluding hydrogens is 236 g/mol. The molecule has 1 aromatic rings. The summed E-state index contributed by atoms with van der Waals surface area (Å²) in [5, 5.41) is 0. The molecule has 2 rings (SSSR count). The molecule has 0 unspecified atom stereocenters. The Bertz CT molecular complexity index is 452. The molecule has 0 aromatic heterocycles. The summed E-state index contributed by atoms with van der Waals surface area (Å²) in [6.45, 7) is 2.72. The Hall–Kier alpha value is -1.57. The fraction of sp³-hybridized carbons (Fsp3) is 0.471. The van der Waals surface area contributed by atoms with Crippen LogP contribution in [0.5, 0.6) is 5.75 Å². The fourth-order valence-electron chi connectivity index (χ4n) is 2.42. The molecule has 1 aromatic carbocycles. The summed E-state index contributed by atoms with van der Waals surface area (Å²) in [4.78, 5) is 12.3. The number of ether oxygens (including phenoxy) is 1. The van der Waals surface area contributed by atoms with Crippen LogP contribution in [0.4, 0.5) is 0 Å². The molecule has 2 nitrogen and oxygen atoms in total. The number of rotatable bonds is 5. The number of hydrogen-bond acceptors (Lipinski definition) is 2. The van der Waals surface area contributed by atoms with Gasteiger partial charge in [-0.25, -0.2) is 0 Å². The van der Waals surface area contributed by atoms with Gasteiger partial charge in [0.1, 0.15) is 5.75 Å². The van der Waals surface area contributed by atoms with Crippen molar-refractivity contribution in [3.05, 3.63) is 41.5 Å². The zero-order chi connectivity index (χ0) is 13.5. The summed E-state index contributed by atoms with van der Waals surface area (Å²) < 4.78 is 5.65. The van der Waals surface area contributed by atoms with Gasteiger partial charge in [-0.05, 0) is 50.3 Å². The summed E-state index contributed by atoms with van der Waals surface area (Å²) in [5.41, 5.74) is 1.98. The zero-order valence-electron chi connectivity index (χ0n) is 11.7. The first-order chi connectivity index (χ1) is 9.31. The topological polar surface area (TPSA) is 26.3 Å². The SMILES string of the molecule is CCCOc1ccccc1C(=O)C=C1CCCCC1. The van der Waals surface area contributed by atoms with Crippen molar-refractivity contribution in [1.29, 1.82) is 0 Å². The van der Waals surface area contributed by atoms with Crippen LogP contribution in [0, 0.1) is 0 Å². The number of hydrogen-bond donors (Lipinski definition) is 0. The van der Waals surface area contributed by atoms with Crippen molar-refractivity contribution in [2.24, 2.45) is 0 Å². The van der Waals surface area contributed by atoms with Gasteiger partial charge in [-0.15, -0.1) is 0 Å². The van der Waals surface area contributed by atoms with E-state index >= 15 is 0 Å². The second-order valence-corrected chi connectivity index (χ2v) is 5.07. The first-order valence-corrected chi connectivity index (χ1v) is 7.27. The largest absolute Gasteiger partial charge is 0.493 e. The van der Waals surface area contributed by atoms with Crippen molar-refractivity contribution in [2.75, 3.05) is 6.61 Å². The molecule has 102 valence electrons. The fourth-order valence-corrected chi connectivity index (χ4v) is 2.42. The highest BCUT2D eigenvalue weighted by Crippen LogP contribution is 2.25. The Kier molecular flexibility index (Phi) is 5.20. The van der Waals surface area contributed by atoms with Crippen molar-refractivity contribution < 1.29 is 9.53 Å². The Morgan fingerprint density at radius 1 is 1.21 bits per heavy atom. The number of para-hydroxylation sites is 1. The molecule has 0 bridgehead atoms. The van der Waals surface area contributed by atoms with E-state index in [1.807, 2.05) is 30.3 Å². The average molecular weight is 258 g/mol. The van der Waals surface area contributed by atoms with Crippen LogP contribution in [0.25, 0.3) is 0 Å². The van der Waals surface area contributed by atoms with E-state index in [4.69, 9.17) is 4.74 Å². The summed E-state index contributed by atoms with van der Waals surface area (Å²) in [5.74, 6) is 0.797. The molecule has 1 aliphatic rings. The lowest BCUT2D eigenvalue weighted by atomic mass is 9.93. The van der Waals surface area contributed by atoms with E-state index < -0.39 is 0 Å². The van der Waals surface area contributed by atoms with Gasteiger partial charge in [0.05, 0.1) is 12.2 Å². The number of carbonyl (C=O) groups excluding carboxylic acids is 1. The van der Waals surface area contributed by atoms with Crippen molar-refractivity contribution >= 4 is 5.78 Å². The Labute approximate surface area is 115 Å². The third-order valence-corrected chi connectivity index (χ3v) is 3.45. The third kappa shape index (κ3) is 3.95. The van der Waals surface area contributed by atoms with Crippen LogP contribution in [-0.2, 0) is 0 Å². The molecule has 19 heavy (non-hydrogen) atoms. The van der Waals surface area contributed by atoms with Gasteiger partial charge in [-0.2, -0.15) is 0 Å². The first kappa shape index (κ1) is 13.9. The van der Waals surface area contributed by atoms with Crippen molar-refractivity contribution in [3.63, 3.8) is 0 Å². The maximum Gasteiger partial charge on any atom is 0.189 e. The summed E-state index contributed by atoms with van der Waals surface area (Å²) in [6, 6.07) is 7.54. The van der Waals surface area contributed by atoms with E-state index in [1.54, 1.807) is 0 Å². The molecule has 0 spiro atoms. The van der Waals surface area contributed by atoms with Crippen molar-refractivity contribution in [1.82, 2.24) is 0 Å². The van der Waals surface area contributed by atoms with Crippen molar-refractivity contribution in [3.8, 4) is 5.75 Å². The average Bonchev–Trinajstić information content (AvgIpc) is 2.46. The van der Waals surface area contributed by atoms with Crippen LogP contribution in [0.1, 0.15) is 55.8 Å². The first-order valence-electron chi connectivity index (χ1n) is 7.27. The third-order valence-electron chi connectivity index (χ3n) is 3.45. The van der Waals surface area contributed by atoms with Gasteiger partial charge in [0.2, 0.25) is 0 Å². The van der Waals surface area contributed by atoms with Gasteiger partial charge in [-0.1, -0.05) is 31.1 Å². The molecule has 0 radical (unpaired) electrons. The zero-order valence-corrected chi connectivity index (χ0v) is 11.7. The van der Waals surface area contributed by atoms with Gasteiger partial charge in [0, 0.05) is 0 Å². The molecule has 0 amide bonds. The minimum Gasteiger partial charge on any atom is -0.493 e. The number of carbonyl (C=O) groups is 1. The lowest BCUT2D eigenvalue weighted by Crippen LogP contribution is -2.04. The lowest BCUT2D eigenvalue weighted by Gasteiger charge is -2.13. The molecule has 0 aliphatic heterocycles. The number of benzene rings is 1. The highest BCUT2D eigenvalue weighted by molar-refractivity contribution is 6.06. The van der Waals surface area contributed by atoms with Crippen LogP contribution in [0.15, 0.2) is 35.9 Å². The van der Waals surface area contributed by atoms with Crippen molar-refractivity contribution in [2.45, 2.75) is 45.4 Å². The second kappa shape index (κ2) is 7.13. The smallest absolute Gasteiger partial charge is 0.189 e. The van der Waals surface area contributed by atoms with Crippen LogP contribution in [0.3, 0.4) is 0 Å². The van der Waals surface area contributed by atoms with Gasteiger partial charge in [0.25, 0.3) is 0 Å². The minimum atomic E-state index is 0.0867. The molecular formula is C17H22O2. The highest BCUT2D eigenvalue weighted by atomic mass is 16.5. The molecule has 0 atom stereocenters. The quantitative estimate of drug-likeness (QED) is 0.572. The highest BCUT2D eigenvalue weighted by Gasteiger charge is 2.12. The Morgan fingerprint density at radius 2 is 1.95 bits per heavy atom. The normalized spacial score (nSPS) is 15.1. The van der Waals surface area contributed by atoms with E-state index in [0.717, 1.165) is 19.3 Å². The summed E-state index contributed by atoms with van der Waals surface area (Å²) in [7, 11) is 0. The summed E-state index contributed by atoms with van der Waals surface area (Å²) >= 11 is 0. The molecule has 2 heteroatoms. The lowest BCUT2D eigenvalue weighted by molar-refractivity contribution is 0.104. The van der Waals surface area contributed by atoms with E-state index in [9.17, 15) is 4.79 Å². The van der Waals surface area contributed by atoms with E-state index in [2.05, 4.69) is 6.92 Å². The van der Waals surface area contributed by atoms with Crippen LogP contribution in [0.2, 0.25) is 0 Å². The standard InChI is InChI=1S/C17H22O2/c1-2-12-19-17-11-7-6-10-15(17)16(18)13-14-8-4-3-5-9-14/h6-7,10-11,13H,2-5,8-9,12H2,1H3. The number of ketones is 1. The predicted molar refractivity (Wildman–Crippen MR) is 77.7 cm³/mol. The summed E-state index contributed by atoms with van der Waals surface area (Å²) in [6.07, 6.45) is 8.65. The predicted octanol–water partition coefficient (Wildman–Crippen LogP) is 4.55. The second-order valence-electron chi connectivity index (χ2n) is 5.07. The van der Waals surface area contributed by atoms with Crippen LogP contribution < -0.4 is 4.74 Å². The van der Waals surface area contributed by atoms with Gasteiger partial charge in [-0.3, -0.25) is 4.79 Å². The van der Waals surface area contributed by atoms with Gasteiger partial charge >= 0.3 is 0 Å². The monoisotopic (exact) mass is 258 g/mol. The maximum atomic E-state index is 12.3. The Morgan fingerprint density at radius 3 is 2.68 bits per heavy atom. The number of allylic oxidation sites excluding steroid dienone is 2. The molecule has 1 aliphatic carbocycles. The minimum absolute atomic E-state index is 0.0867. The molecule has 0 N–H and O–H groups in total. The molecule has 0 saturated heterocycles. The van der Waals surface area contributed by atoms with E-state index in [-0.39, 0.29) is 5.78 Å². The molecule has 0 heterocycles. The van der Waals surface area contributed by atoms with E-state index in [0.29, 0.717) is 17.9 Å². The Balaban J connectivity index is 2.13. The van der Waals surface area contributed by atoms with Gasteiger partial charge in [0.15, 0.2) is 5.78 Å². The molecule has 1 fully saturated rings. The van der Waals surface area contributed by atoms with E-state index in [1.165, 1.54) is 24.8 Å². The van der Waals surface area contributed by atoms with Crippen LogP contribution >= 0.6 is 0 Å². The maximum absolute atomic E-state index is 12.3. The van der Waals surface area contributed by atoms with Gasteiger partial charge < -0.3 is 4.74 Å².